The number of nitrogens with zero attached hydrogens (tertiary/aromatic N) is 3. The van der Waals surface area contributed by atoms with E-state index in [0.29, 0.717) is 42.6 Å². The fourth-order valence-corrected chi connectivity index (χ4v) is 5.32. The maximum Gasteiger partial charge on any atom is 0.410 e. The number of imidazole rings is 1. The lowest BCUT2D eigenvalue weighted by atomic mass is 10.1. The summed E-state index contributed by atoms with van der Waals surface area (Å²) in [5, 5.41) is 9.84. The van der Waals surface area contributed by atoms with Crippen LogP contribution in [0.3, 0.4) is 0 Å². The number of amides is 1. The molecule has 244 valence electrons. The number of hydrogen-bond donors (Lipinski definition) is 1. The number of aliphatic carboxylic acids is 1. The van der Waals surface area contributed by atoms with Crippen LogP contribution < -0.4 is 14.2 Å². The Kier molecular flexibility index (Phi) is 10.3. The highest BCUT2D eigenvalue weighted by molar-refractivity contribution is 6.30. The number of carbonyl (C=O) groups is 2. The molecule has 5 rings (SSSR count). The molecule has 0 atom stereocenters. The van der Waals surface area contributed by atoms with Crippen molar-refractivity contribution in [3.63, 3.8) is 0 Å². The summed E-state index contributed by atoms with van der Waals surface area (Å²) >= 11 is 6.00. The van der Waals surface area contributed by atoms with Gasteiger partial charge in [0.1, 0.15) is 48.0 Å². The smallest absolute Gasteiger partial charge is 0.410 e. The van der Waals surface area contributed by atoms with Gasteiger partial charge in [-0.15, -0.1) is 0 Å². The van der Waals surface area contributed by atoms with Gasteiger partial charge in [-0.1, -0.05) is 29.8 Å². The molecule has 1 amide bonds. The number of ether oxygens (including phenoxy) is 4. The van der Waals surface area contributed by atoms with E-state index in [1.807, 2.05) is 74.9 Å². The third-order valence-electron chi connectivity index (χ3n) is 7.66. The van der Waals surface area contributed by atoms with Gasteiger partial charge in [-0.25, -0.2) is 9.78 Å². The maximum absolute atomic E-state index is 12.4. The highest BCUT2D eigenvalue weighted by Gasteiger charge is 2.28. The zero-order valence-electron chi connectivity index (χ0n) is 26.6. The minimum Gasteiger partial charge on any atom is -0.490 e. The van der Waals surface area contributed by atoms with E-state index in [1.54, 1.807) is 23.1 Å². The molecule has 1 fully saturated rings. The SMILES string of the molecule is Cn1c(COc2ccc(CCC(=O)O)c(OCc3ccc(Cl)cc3)c2)nc2ccc(OC3CCN(C(=O)OC(C)(C)C)CC3)cc21. The van der Waals surface area contributed by atoms with Crippen LogP contribution in [0.4, 0.5) is 4.79 Å². The Morgan fingerprint density at radius 3 is 2.37 bits per heavy atom. The van der Waals surface area contributed by atoms with Crippen molar-refractivity contribution in [3.05, 3.63) is 82.6 Å². The number of likely N-dealkylation sites (tertiary alicyclic amines) is 1. The van der Waals surface area contributed by atoms with Crippen LogP contribution in [-0.4, -0.2) is 56.4 Å². The van der Waals surface area contributed by atoms with Gasteiger partial charge in [0.05, 0.1) is 11.0 Å². The summed E-state index contributed by atoms with van der Waals surface area (Å²) in [4.78, 5) is 30.1. The Morgan fingerprint density at radius 1 is 0.957 bits per heavy atom. The predicted molar refractivity (Wildman–Crippen MR) is 175 cm³/mol. The van der Waals surface area contributed by atoms with Gasteiger partial charge in [0.2, 0.25) is 0 Å². The molecular formula is C35H40ClN3O7. The lowest BCUT2D eigenvalue weighted by Crippen LogP contribution is -2.44. The first-order valence-corrected chi connectivity index (χ1v) is 15.8. The molecule has 0 radical (unpaired) electrons. The highest BCUT2D eigenvalue weighted by atomic mass is 35.5. The van der Waals surface area contributed by atoms with Crippen LogP contribution in [0.2, 0.25) is 5.02 Å². The minimum absolute atomic E-state index is 0.00162. The first-order chi connectivity index (χ1) is 21.9. The zero-order chi connectivity index (χ0) is 32.8. The third-order valence-corrected chi connectivity index (χ3v) is 7.92. The number of carbonyl (C=O) groups excluding carboxylic acids is 1. The van der Waals surface area contributed by atoms with Crippen LogP contribution in [-0.2, 0) is 36.2 Å². The molecule has 3 aromatic carbocycles. The molecule has 0 aliphatic carbocycles. The van der Waals surface area contributed by atoms with E-state index in [9.17, 15) is 14.7 Å². The van der Waals surface area contributed by atoms with E-state index in [0.717, 1.165) is 46.6 Å². The fourth-order valence-electron chi connectivity index (χ4n) is 5.19. The Morgan fingerprint density at radius 2 is 1.67 bits per heavy atom. The molecule has 1 aliphatic heterocycles. The Labute approximate surface area is 273 Å². The number of aryl methyl sites for hydroxylation is 2. The normalized spacial score (nSPS) is 13.9. The van der Waals surface area contributed by atoms with Crippen LogP contribution >= 0.6 is 11.6 Å². The molecular weight excluding hydrogens is 610 g/mol. The van der Waals surface area contributed by atoms with E-state index in [1.165, 1.54) is 0 Å². The number of rotatable bonds is 11. The van der Waals surface area contributed by atoms with E-state index in [4.69, 9.17) is 35.5 Å². The maximum atomic E-state index is 12.4. The van der Waals surface area contributed by atoms with Gasteiger partial charge in [-0.3, -0.25) is 4.79 Å². The summed E-state index contributed by atoms with van der Waals surface area (Å²) in [5.41, 5.74) is 2.95. The molecule has 0 spiro atoms. The first-order valence-electron chi connectivity index (χ1n) is 15.4. The van der Waals surface area contributed by atoms with Crippen LogP contribution in [0.15, 0.2) is 60.7 Å². The number of hydrogen-bond acceptors (Lipinski definition) is 7. The van der Waals surface area contributed by atoms with Gasteiger partial charge in [0.25, 0.3) is 0 Å². The topological polar surface area (TPSA) is 112 Å². The van der Waals surface area contributed by atoms with Crippen LogP contribution in [0.25, 0.3) is 11.0 Å². The van der Waals surface area contributed by atoms with Gasteiger partial charge in [0.15, 0.2) is 0 Å². The highest BCUT2D eigenvalue weighted by Crippen LogP contribution is 2.29. The lowest BCUT2D eigenvalue weighted by molar-refractivity contribution is -0.136. The summed E-state index contributed by atoms with van der Waals surface area (Å²) in [6.45, 7) is 7.30. The molecule has 1 aliphatic rings. The fraction of sp³-hybridized carbons (Fsp3) is 0.400. The van der Waals surface area contributed by atoms with Crippen molar-refractivity contribution in [3.8, 4) is 17.2 Å². The number of aromatic nitrogens is 2. The number of benzene rings is 3. The lowest BCUT2D eigenvalue weighted by Gasteiger charge is -2.33. The number of fused-ring (bicyclic) bond motifs is 1. The summed E-state index contributed by atoms with van der Waals surface area (Å²) in [6, 6.07) is 18.6. The van der Waals surface area contributed by atoms with E-state index >= 15 is 0 Å². The molecule has 0 bridgehead atoms. The summed E-state index contributed by atoms with van der Waals surface area (Å²) < 4.78 is 26.0. The second-order valence-electron chi connectivity index (χ2n) is 12.4. The number of carboxylic acids is 1. The minimum atomic E-state index is -0.872. The van der Waals surface area contributed by atoms with Crippen LogP contribution in [0, 0.1) is 0 Å². The molecule has 4 aromatic rings. The van der Waals surface area contributed by atoms with Crippen molar-refractivity contribution in [1.29, 1.82) is 0 Å². The third kappa shape index (κ3) is 8.84. The average molecular weight is 650 g/mol. The molecule has 1 aromatic heterocycles. The van der Waals surface area contributed by atoms with Gasteiger partial charge >= 0.3 is 12.1 Å². The quantitative estimate of drug-likeness (QED) is 0.182. The number of carboxylic acid groups (broad SMARTS) is 1. The van der Waals surface area contributed by atoms with Crippen LogP contribution in [0.5, 0.6) is 17.2 Å². The standard InChI is InChI=1S/C35H40ClN3O7/c1-35(2,3)46-34(42)39-17-15-26(16-18-39)45-28-12-13-29-30(19-28)38(4)32(37-29)22-43-27-11-7-24(8-14-33(40)41)31(20-27)44-21-23-5-9-25(36)10-6-23/h5-7,9-13,19-20,26H,8,14-18,21-22H2,1-4H3,(H,40,41). The van der Waals surface area contributed by atoms with E-state index in [-0.39, 0.29) is 25.2 Å². The Hall–Kier alpha value is -4.44. The van der Waals surface area contributed by atoms with Crippen molar-refractivity contribution in [1.82, 2.24) is 14.5 Å². The van der Waals surface area contributed by atoms with E-state index < -0.39 is 11.6 Å². The molecule has 2 heterocycles. The predicted octanol–water partition coefficient (Wildman–Crippen LogP) is 7.18. The van der Waals surface area contributed by atoms with Gasteiger partial charge in [-0.05, 0) is 68.7 Å². The van der Waals surface area contributed by atoms with Gasteiger partial charge in [0, 0.05) is 56.6 Å². The Balaban J connectivity index is 1.21. The van der Waals surface area contributed by atoms with Gasteiger partial charge in [-0.2, -0.15) is 0 Å². The summed E-state index contributed by atoms with van der Waals surface area (Å²) in [6.07, 6.45) is 1.50. The zero-order valence-corrected chi connectivity index (χ0v) is 27.4. The molecule has 46 heavy (non-hydrogen) atoms. The number of halogens is 1. The largest absolute Gasteiger partial charge is 0.490 e. The molecule has 0 unspecified atom stereocenters. The molecule has 11 heteroatoms. The molecule has 10 nitrogen and oxygen atoms in total. The monoisotopic (exact) mass is 649 g/mol. The second kappa shape index (κ2) is 14.3. The Bertz CT molecular complexity index is 1670. The van der Waals surface area contributed by atoms with Crippen molar-refractivity contribution in [2.45, 2.75) is 71.4 Å². The van der Waals surface area contributed by atoms with Crippen molar-refractivity contribution < 1.29 is 33.6 Å². The molecule has 0 saturated carbocycles. The van der Waals surface area contributed by atoms with Crippen molar-refractivity contribution >= 4 is 34.7 Å². The van der Waals surface area contributed by atoms with E-state index in [2.05, 4.69) is 0 Å². The summed E-state index contributed by atoms with van der Waals surface area (Å²) in [5.74, 6) is 1.76. The van der Waals surface area contributed by atoms with Crippen LogP contribution in [0.1, 0.15) is 57.0 Å². The average Bonchev–Trinajstić information content (AvgIpc) is 3.33. The summed E-state index contributed by atoms with van der Waals surface area (Å²) in [7, 11) is 1.94. The van der Waals surface area contributed by atoms with Crippen molar-refractivity contribution in [2.75, 3.05) is 13.1 Å². The first kappa shape index (κ1) is 32.9. The second-order valence-corrected chi connectivity index (χ2v) is 12.8. The van der Waals surface area contributed by atoms with Crippen molar-refractivity contribution in [2.24, 2.45) is 7.05 Å². The molecule has 1 N–H and O–H groups in total. The number of piperidine rings is 1. The van der Waals surface area contributed by atoms with Gasteiger partial charge < -0.3 is 33.5 Å². The molecule has 1 saturated heterocycles.